The average molecular weight is 326 g/mol. The molecular formula is C21H26O3. The third-order valence-electron chi connectivity index (χ3n) is 4.07. The van der Waals surface area contributed by atoms with Crippen molar-refractivity contribution in [1.82, 2.24) is 0 Å². The smallest absolute Gasteiger partial charge is 0.349 e. The number of carbonyl (C=O) groups is 1. The Morgan fingerprint density at radius 1 is 1.00 bits per heavy atom. The van der Waals surface area contributed by atoms with Crippen LogP contribution in [-0.4, -0.2) is 12.6 Å². The van der Waals surface area contributed by atoms with Crippen LogP contribution in [0.25, 0.3) is 0 Å². The highest BCUT2D eigenvalue weighted by Gasteiger charge is 2.21. The molecule has 0 amide bonds. The highest BCUT2D eigenvalue weighted by Crippen LogP contribution is 2.32. The van der Waals surface area contributed by atoms with Gasteiger partial charge in [0.25, 0.3) is 0 Å². The van der Waals surface area contributed by atoms with E-state index in [4.69, 9.17) is 9.47 Å². The van der Waals surface area contributed by atoms with E-state index in [9.17, 15) is 4.79 Å². The SMILES string of the molecule is Cc1ccc(OC(=O)COc2cccc(C)c2C)c(C(C)(C)C)c1. The summed E-state index contributed by atoms with van der Waals surface area (Å²) in [5.74, 6) is 0.917. The number of carbonyl (C=O) groups excluding carboxylic acids is 1. The summed E-state index contributed by atoms with van der Waals surface area (Å²) in [6.07, 6.45) is 0. The highest BCUT2D eigenvalue weighted by atomic mass is 16.6. The largest absolute Gasteiger partial charge is 0.482 e. The van der Waals surface area contributed by atoms with Gasteiger partial charge in [0.2, 0.25) is 0 Å². The van der Waals surface area contributed by atoms with Crippen LogP contribution in [0.4, 0.5) is 0 Å². The topological polar surface area (TPSA) is 35.5 Å². The number of hydrogen-bond acceptors (Lipinski definition) is 3. The van der Waals surface area contributed by atoms with E-state index in [1.165, 1.54) is 0 Å². The molecule has 0 unspecified atom stereocenters. The lowest BCUT2D eigenvalue weighted by molar-refractivity contribution is -0.136. The van der Waals surface area contributed by atoms with Crippen molar-refractivity contribution in [1.29, 1.82) is 0 Å². The Morgan fingerprint density at radius 3 is 2.38 bits per heavy atom. The van der Waals surface area contributed by atoms with Gasteiger partial charge >= 0.3 is 5.97 Å². The van der Waals surface area contributed by atoms with Crippen molar-refractivity contribution < 1.29 is 14.3 Å². The maximum atomic E-state index is 12.2. The summed E-state index contributed by atoms with van der Waals surface area (Å²) in [5.41, 5.74) is 4.23. The molecule has 0 aliphatic rings. The van der Waals surface area contributed by atoms with Crippen LogP contribution >= 0.6 is 0 Å². The van der Waals surface area contributed by atoms with Gasteiger partial charge in [-0.25, -0.2) is 4.79 Å². The van der Waals surface area contributed by atoms with Gasteiger partial charge in [-0.1, -0.05) is 50.6 Å². The maximum absolute atomic E-state index is 12.2. The molecule has 0 N–H and O–H groups in total. The fourth-order valence-corrected chi connectivity index (χ4v) is 2.49. The van der Waals surface area contributed by atoms with E-state index in [-0.39, 0.29) is 12.0 Å². The second-order valence-corrected chi connectivity index (χ2v) is 7.21. The molecule has 3 heteroatoms. The van der Waals surface area contributed by atoms with Crippen LogP contribution < -0.4 is 9.47 Å². The molecule has 2 aromatic rings. The van der Waals surface area contributed by atoms with Crippen LogP contribution in [0, 0.1) is 20.8 Å². The van der Waals surface area contributed by atoms with Crippen molar-refractivity contribution in [2.75, 3.05) is 6.61 Å². The standard InChI is InChI=1S/C21H26O3/c1-14-10-11-19(17(12-14)21(4,5)6)24-20(22)13-23-18-9-7-8-15(2)16(18)3/h7-12H,13H2,1-6H3. The third-order valence-corrected chi connectivity index (χ3v) is 4.07. The molecule has 24 heavy (non-hydrogen) atoms. The van der Waals surface area contributed by atoms with Gasteiger partial charge in [-0.3, -0.25) is 0 Å². The molecule has 0 aromatic heterocycles. The zero-order valence-corrected chi connectivity index (χ0v) is 15.4. The van der Waals surface area contributed by atoms with E-state index in [0.717, 1.165) is 22.3 Å². The molecule has 0 saturated carbocycles. The van der Waals surface area contributed by atoms with Gasteiger partial charge in [-0.15, -0.1) is 0 Å². The minimum Gasteiger partial charge on any atom is -0.482 e. The molecule has 0 bridgehead atoms. The number of rotatable bonds is 4. The van der Waals surface area contributed by atoms with E-state index >= 15 is 0 Å². The Balaban J connectivity index is 2.09. The maximum Gasteiger partial charge on any atom is 0.349 e. The van der Waals surface area contributed by atoms with Crippen LogP contribution in [0.15, 0.2) is 36.4 Å². The van der Waals surface area contributed by atoms with Crippen molar-refractivity contribution in [3.05, 3.63) is 58.7 Å². The van der Waals surface area contributed by atoms with Gasteiger partial charge in [0.1, 0.15) is 11.5 Å². The molecule has 0 atom stereocenters. The van der Waals surface area contributed by atoms with Crippen LogP contribution in [0.1, 0.15) is 43.0 Å². The van der Waals surface area contributed by atoms with Crippen molar-refractivity contribution in [2.45, 2.75) is 47.0 Å². The van der Waals surface area contributed by atoms with E-state index in [0.29, 0.717) is 11.5 Å². The molecule has 0 saturated heterocycles. The Morgan fingerprint density at radius 2 is 1.71 bits per heavy atom. The summed E-state index contributed by atoms with van der Waals surface area (Å²) in [4.78, 5) is 12.2. The first-order valence-corrected chi connectivity index (χ1v) is 8.19. The molecular weight excluding hydrogens is 300 g/mol. The molecule has 3 nitrogen and oxygen atoms in total. The molecule has 2 rings (SSSR count). The lowest BCUT2D eigenvalue weighted by Gasteiger charge is -2.22. The van der Waals surface area contributed by atoms with E-state index in [2.05, 4.69) is 26.8 Å². The van der Waals surface area contributed by atoms with Crippen molar-refractivity contribution in [3.63, 3.8) is 0 Å². The molecule has 0 radical (unpaired) electrons. The second-order valence-electron chi connectivity index (χ2n) is 7.21. The Hall–Kier alpha value is -2.29. The molecule has 0 aliphatic heterocycles. The van der Waals surface area contributed by atoms with Gasteiger partial charge < -0.3 is 9.47 Å². The summed E-state index contributed by atoms with van der Waals surface area (Å²) in [5, 5.41) is 0. The van der Waals surface area contributed by atoms with E-state index in [1.54, 1.807) is 0 Å². The fourth-order valence-electron chi connectivity index (χ4n) is 2.49. The zero-order valence-electron chi connectivity index (χ0n) is 15.4. The summed E-state index contributed by atoms with van der Waals surface area (Å²) >= 11 is 0. The lowest BCUT2D eigenvalue weighted by Crippen LogP contribution is -2.21. The summed E-state index contributed by atoms with van der Waals surface area (Å²) < 4.78 is 11.2. The van der Waals surface area contributed by atoms with Crippen molar-refractivity contribution in [2.24, 2.45) is 0 Å². The van der Waals surface area contributed by atoms with Crippen LogP contribution in [0.3, 0.4) is 0 Å². The van der Waals surface area contributed by atoms with Gasteiger partial charge in [0.15, 0.2) is 6.61 Å². The van der Waals surface area contributed by atoms with E-state index < -0.39 is 5.97 Å². The van der Waals surface area contributed by atoms with Crippen molar-refractivity contribution >= 4 is 5.97 Å². The van der Waals surface area contributed by atoms with Gasteiger partial charge in [0, 0.05) is 5.56 Å². The first-order valence-electron chi connectivity index (χ1n) is 8.19. The minimum absolute atomic E-state index is 0.102. The quantitative estimate of drug-likeness (QED) is 0.592. The third kappa shape index (κ3) is 4.38. The fraction of sp³-hybridized carbons (Fsp3) is 0.381. The zero-order chi connectivity index (χ0) is 17.9. The van der Waals surface area contributed by atoms with E-state index in [1.807, 2.05) is 51.1 Å². The molecule has 2 aromatic carbocycles. The Labute approximate surface area is 144 Å². The van der Waals surface area contributed by atoms with Crippen LogP contribution in [0.2, 0.25) is 0 Å². The first-order chi connectivity index (χ1) is 11.2. The van der Waals surface area contributed by atoms with Gasteiger partial charge in [0.05, 0.1) is 0 Å². The normalized spacial score (nSPS) is 11.2. The molecule has 0 aliphatic carbocycles. The number of esters is 1. The monoisotopic (exact) mass is 326 g/mol. The molecule has 0 heterocycles. The summed E-state index contributed by atoms with van der Waals surface area (Å²) in [7, 11) is 0. The summed E-state index contributed by atoms with van der Waals surface area (Å²) in [6, 6.07) is 11.7. The number of hydrogen-bond donors (Lipinski definition) is 0. The number of ether oxygens (including phenoxy) is 2. The van der Waals surface area contributed by atoms with Gasteiger partial charge in [-0.05, 0) is 49.4 Å². The second kappa shape index (κ2) is 7.08. The highest BCUT2D eigenvalue weighted by molar-refractivity contribution is 5.74. The lowest BCUT2D eigenvalue weighted by atomic mass is 9.85. The van der Waals surface area contributed by atoms with Crippen LogP contribution in [0.5, 0.6) is 11.5 Å². The molecule has 0 spiro atoms. The minimum atomic E-state index is -0.398. The first kappa shape index (κ1) is 18.1. The van der Waals surface area contributed by atoms with Crippen molar-refractivity contribution in [3.8, 4) is 11.5 Å². The average Bonchev–Trinajstić information content (AvgIpc) is 2.49. The summed E-state index contributed by atoms with van der Waals surface area (Å²) in [6.45, 7) is 12.2. The van der Waals surface area contributed by atoms with Crippen LogP contribution in [-0.2, 0) is 10.2 Å². The molecule has 0 fully saturated rings. The molecule has 128 valence electrons. The Bertz CT molecular complexity index is 739. The predicted octanol–water partition coefficient (Wildman–Crippen LogP) is 4.89. The van der Waals surface area contributed by atoms with Gasteiger partial charge in [-0.2, -0.15) is 0 Å². The number of benzene rings is 2. The number of aryl methyl sites for hydroxylation is 2. The predicted molar refractivity (Wildman–Crippen MR) is 96.9 cm³/mol. The Kier molecular flexibility index (Phi) is 5.33.